The van der Waals surface area contributed by atoms with Crippen LogP contribution < -0.4 is 0 Å². The molecule has 2 aliphatic carbocycles. The summed E-state index contributed by atoms with van der Waals surface area (Å²) in [5.41, 5.74) is 17.1. The Bertz CT molecular complexity index is 2920. The third kappa shape index (κ3) is 4.40. The highest BCUT2D eigenvalue weighted by molar-refractivity contribution is 6.11. The summed E-state index contributed by atoms with van der Waals surface area (Å²) < 4.78 is 2.47. The molecule has 256 valence electrons. The van der Waals surface area contributed by atoms with E-state index in [-0.39, 0.29) is 11.3 Å². The van der Waals surface area contributed by atoms with E-state index in [4.69, 9.17) is 15.0 Å². The van der Waals surface area contributed by atoms with Crippen molar-refractivity contribution in [3.8, 4) is 62.1 Å². The molecule has 0 saturated carbocycles. The topological polar surface area (TPSA) is 43.6 Å². The number of rotatable bonds is 4. The summed E-state index contributed by atoms with van der Waals surface area (Å²) >= 11 is 0. The molecular weight excluding hydrogens is 657 g/mol. The molecule has 0 saturated heterocycles. The summed E-state index contributed by atoms with van der Waals surface area (Å²) in [6.07, 6.45) is 0. The third-order valence-corrected chi connectivity index (χ3v) is 11.9. The van der Waals surface area contributed by atoms with Gasteiger partial charge in [-0.15, -0.1) is 0 Å². The number of fused-ring (bicyclic) bond motifs is 9. The maximum Gasteiger partial charge on any atom is 0.164 e. The van der Waals surface area contributed by atoms with Crippen LogP contribution in [0.3, 0.4) is 0 Å². The van der Waals surface area contributed by atoms with Gasteiger partial charge in [-0.3, -0.25) is 0 Å². The summed E-state index contributed by atoms with van der Waals surface area (Å²) in [5.74, 6) is 2.20. The number of aromatic nitrogens is 4. The lowest BCUT2D eigenvalue weighted by Gasteiger charge is -2.21. The quantitative estimate of drug-likeness (QED) is 0.184. The Kier molecular flexibility index (Phi) is 6.54. The average molecular weight is 693 g/mol. The molecule has 9 aromatic rings. The standard InChI is InChI=1S/C50H36N4/c1-30-34-26-25-33(54-44-24-13-11-20-36(44)41-28-40-35-19-10-12-23-42(35)50(2,3)43(40)29-45(41)54)27-39(34)37-21-14-22-38(46(30)37)49-52-47(31-15-6-4-7-16-31)51-48(53-49)32-17-8-5-9-18-32/h4-30H,1-3H3. The van der Waals surface area contributed by atoms with Gasteiger partial charge in [0.05, 0.1) is 11.0 Å². The van der Waals surface area contributed by atoms with Crippen molar-refractivity contribution in [1.82, 2.24) is 19.5 Å². The number of benzene rings is 7. The highest BCUT2D eigenvalue weighted by Gasteiger charge is 2.36. The molecule has 7 aromatic carbocycles. The first-order chi connectivity index (χ1) is 26.5. The van der Waals surface area contributed by atoms with Gasteiger partial charge in [-0.2, -0.15) is 0 Å². The van der Waals surface area contributed by atoms with E-state index in [0.717, 1.165) is 22.4 Å². The van der Waals surface area contributed by atoms with Crippen LogP contribution in [0.2, 0.25) is 0 Å². The van der Waals surface area contributed by atoms with Gasteiger partial charge in [-0.05, 0) is 74.8 Å². The summed E-state index contributed by atoms with van der Waals surface area (Å²) in [7, 11) is 0. The monoisotopic (exact) mass is 692 g/mol. The maximum absolute atomic E-state index is 5.13. The van der Waals surface area contributed by atoms with E-state index in [0.29, 0.717) is 17.5 Å². The molecule has 0 aliphatic heterocycles. The Morgan fingerprint density at radius 2 is 1.09 bits per heavy atom. The summed E-state index contributed by atoms with van der Waals surface area (Å²) in [4.78, 5) is 15.2. The predicted octanol–water partition coefficient (Wildman–Crippen LogP) is 12.4. The molecule has 0 amide bonds. The fraction of sp³-hybridized carbons (Fsp3) is 0.100. The van der Waals surface area contributed by atoms with Crippen LogP contribution in [0, 0.1) is 0 Å². The van der Waals surface area contributed by atoms with Crippen molar-refractivity contribution in [2.45, 2.75) is 32.1 Å². The summed E-state index contributed by atoms with van der Waals surface area (Å²) in [6, 6.07) is 56.7. The van der Waals surface area contributed by atoms with Crippen LogP contribution in [0.1, 0.15) is 48.9 Å². The van der Waals surface area contributed by atoms with Crippen LogP contribution in [-0.2, 0) is 5.41 Å². The second kappa shape index (κ2) is 11.4. The minimum Gasteiger partial charge on any atom is -0.309 e. The number of hydrogen-bond acceptors (Lipinski definition) is 3. The normalized spacial score (nSPS) is 14.9. The summed E-state index contributed by atoms with van der Waals surface area (Å²) in [5, 5.41) is 2.55. The van der Waals surface area contributed by atoms with Crippen molar-refractivity contribution in [3.63, 3.8) is 0 Å². The molecule has 11 rings (SSSR count). The minimum atomic E-state index is -0.0834. The second-order valence-electron chi connectivity index (χ2n) is 15.2. The van der Waals surface area contributed by atoms with Gasteiger partial charge in [-0.1, -0.05) is 148 Å². The molecule has 4 nitrogen and oxygen atoms in total. The van der Waals surface area contributed by atoms with Gasteiger partial charge in [0.2, 0.25) is 0 Å². The van der Waals surface area contributed by atoms with Gasteiger partial charge in [0.25, 0.3) is 0 Å². The summed E-state index contributed by atoms with van der Waals surface area (Å²) in [6.45, 7) is 7.04. The SMILES string of the molecule is CC1c2ccc(-n3c4ccccc4c4cc5c(cc43)C(C)(C)c3ccccc3-5)cc2-c2cccc(-c3nc(-c4ccccc4)nc(-c4ccccc4)n3)c21. The van der Waals surface area contributed by atoms with Crippen LogP contribution in [0.5, 0.6) is 0 Å². The zero-order valence-corrected chi connectivity index (χ0v) is 30.4. The lowest BCUT2D eigenvalue weighted by Crippen LogP contribution is -2.14. The first-order valence-corrected chi connectivity index (χ1v) is 18.8. The van der Waals surface area contributed by atoms with Gasteiger partial charge in [-0.25, -0.2) is 15.0 Å². The molecule has 0 N–H and O–H groups in total. The minimum absolute atomic E-state index is 0.0834. The van der Waals surface area contributed by atoms with Crippen molar-refractivity contribution in [3.05, 3.63) is 180 Å². The molecule has 54 heavy (non-hydrogen) atoms. The van der Waals surface area contributed by atoms with Gasteiger partial charge in [0.15, 0.2) is 17.5 Å². The smallest absolute Gasteiger partial charge is 0.164 e. The molecule has 2 heterocycles. The Morgan fingerprint density at radius 3 is 1.85 bits per heavy atom. The number of para-hydroxylation sites is 1. The van der Waals surface area contributed by atoms with Gasteiger partial charge < -0.3 is 4.57 Å². The Morgan fingerprint density at radius 1 is 0.463 bits per heavy atom. The number of nitrogens with zero attached hydrogens (tertiary/aromatic N) is 4. The Balaban J connectivity index is 1.09. The Hall–Kier alpha value is -6.65. The highest BCUT2D eigenvalue weighted by atomic mass is 15.0. The largest absolute Gasteiger partial charge is 0.309 e. The lowest BCUT2D eigenvalue weighted by molar-refractivity contribution is 0.661. The zero-order chi connectivity index (χ0) is 36.1. The molecular formula is C50H36N4. The molecule has 0 fully saturated rings. The van der Waals surface area contributed by atoms with Crippen LogP contribution >= 0.6 is 0 Å². The molecule has 2 aromatic heterocycles. The van der Waals surface area contributed by atoms with Crippen LogP contribution in [0.15, 0.2) is 158 Å². The van der Waals surface area contributed by atoms with Gasteiger partial charge in [0, 0.05) is 44.5 Å². The van der Waals surface area contributed by atoms with E-state index < -0.39 is 0 Å². The van der Waals surface area contributed by atoms with E-state index in [2.05, 4.69) is 147 Å². The fourth-order valence-electron chi connectivity index (χ4n) is 9.28. The van der Waals surface area contributed by atoms with E-state index >= 15 is 0 Å². The fourth-order valence-corrected chi connectivity index (χ4v) is 9.28. The first kappa shape index (κ1) is 30.9. The van der Waals surface area contributed by atoms with E-state index in [1.807, 2.05) is 36.4 Å². The van der Waals surface area contributed by atoms with Crippen LogP contribution in [0.4, 0.5) is 0 Å². The van der Waals surface area contributed by atoms with E-state index in [1.165, 1.54) is 66.3 Å². The zero-order valence-electron chi connectivity index (χ0n) is 30.4. The van der Waals surface area contributed by atoms with Crippen molar-refractivity contribution < 1.29 is 0 Å². The van der Waals surface area contributed by atoms with E-state index in [1.54, 1.807) is 0 Å². The second-order valence-corrected chi connectivity index (χ2v) is 15.2. The third-order valence-electron chi connectivity index (χ3n) is 11.9. The predicted molar refractivity (Wildman–Crippen MR) is 221 cm³/mol. The number of hydrogen-bond donors (Lipinski definition) is 0. The maximum atomic E-state index is 5.13. The van der Waals surface area contributed by atoms with Crippen molar-refractivity contribution in [1.29, 1.82) is 0 Å². The molecule has 1 unspecified atom stereocenters. The Labute approximate surface area is 314 Å². The van der Waals surface area contributed by atoms with Crippen molar-refractivity contribution in [2.75, 3.05) is 0 Å². The first-order valence-electron chi connectivity index (χ1n) is 18.8. The molecule has 1 atom stereocenters. The van der Waals surface area contributed by atoms with Crippen LogP contribution in [-0.4, -0.2) is 19.5 Å². The van der Waals surface area contributed by atoms with E-state index in [9.17, 15) is 0 Å². The highest BCUT2D eigenvalue weighted by Crippen LogP contribution is 2.52. The van der Waals surface area contributed by atoms with Gasteiger partial charge >= 0.3 is 0 Å². The van der Waals surface area contributed by atoms with Crippen molar-refractivity contribution in [2.24, 2.45) is 0 Å². The van der Waals surface area contributed by atoms with Gasteiger partial charge in [0.1, 0.15) is 0 Å². The molecule has 0 spiro atoms. The lowest BCUT2D eigenvalue weighted by atomic mass is 9.82. The molecule has 0 bridgehead atoms. The van der Waals surface area contributed by atoms with Crippen molar-refractivity contribution >= 4 is 21.8 Å². The molecule has 4 heteroatoms. The molecule has 2 aliphatic rings. The average Bonchev–Trinajstić information content (AvgIpc) is 3.79. The molecule has 0 radical (unpaired) electrons. The van der Waals surface area contributed by atoms with Crippen LogP contribution in [0.25, 0.3) is 83.9 Å².